The molecule has 1 rings (SSSR count). The van der Waals surface area contributed by atoms with Crippen molar-refractivity contribution in [3.63, 3.8) is 0 Å². The molecule has 0 bridgehead atoms. The van der Waals surface area contributed by atoms with E-state index in [2.05, 4.69) is 4.98 Å². The van der Waals surface area contributed by atoms with Gasteiger partial charge in [-0.2, -0.15) is 0 Å². The van der Waals surface area contributed by atoms with Crippen molar-refractivity contribution in [1.82, 2.24) is 4.98 Å². The summed E-state index contributed by atoms with van der Waals surface area (Å²) in [6.07, 6.45) is 2.35. The van der Waals surface area contributed by atoms with Crippen LogP contribution in [0.2, 0.25) is 0 Å². The first kappa shape index (κ1) is 7.42. The summed E-state index contributed by atoms with van der Waals surface area (Å²) in [6.45, 7) is 0. The minimum absolute atomic E-state index is 0.127. The zero-order chi connectivity index (χ0) is 8.27. The highest BCUT2D eigenvalue weighted by molar-refractivity contribution is 5.59. The van der Waals surface area contributed by atoms with Crippen molar-refractivity contribution >= 4 is 11.4 Å². The Morgan fingerprint density at radius 2 is 2.36 bits per heavy atom. The van der Waals surface area contributed by atoms with Gasteiger partial charge in [0.25, 0.3) is 5.69 Å². The molecule has 0 unspecified atom stereocenters. The molecular formula is C5H4N3O3-. The fourth-order valence-corrected chi connectivity index (χ4v) is 0.625. The smallest absolute Gasteiger partial charge is 0.294 e. The molecule has 0 atom stereocenters. The third-order valence-electron chi connectivity index (χ3n) is 1.10. The number of nitro groups is 1. The molecule has 0 aliphatic rings. The fourth-order valence-electron chi connectivity index (χ4n) is 0.625. The van der Waals surface area contributed by atoms with Gasteiger partial charge >= 0.3 is 0 Å². The first-order valence-corrected chi connectivity index (χ1v) is 2.72. The van der Waals surface area contributed by atoms with E-state index in [1.165, 1.54) is 11.7 Å². The maximum atomic E-state index is 10.2. The highest BCUT2D eigenvalue weighted by Crippen LogP contribution is 2.20. The van der Waals surface area contributed by atoms with Gasteiger partial charge in [-0.25, -0.2) is 0 Å². The number of rotatable bonds is 2. The zero-order valence-electron chi connectivity index (χ0n) is 5.35. The van der Waals surface area contributed by atoms with E-state index in [4.69, 9.17) is 0 Å². The van der Waals surface area contributed by atoms with Crippen LogP contribution in [0.1, 0.15) is 0 Å². The molecule has 0 saturated heterocycles. The molecule has 1 heterocycles. The van der Waals surface area contributed by atoms with Gasteiger partial charge < -0.3 is 10.7 Å². The summed E-state index contributed by atoms with van der Waals surface area (Å²) in [6, 6.07) is 1.15. The Morgan fingerprint density at radius 1 is 1.64 bits per heavy atom. The van der Waals surface area contributed by atoms with Crippen LogP contribution in [0.15, 0.2) is 18.5 Å². The number of hydrogen-bond acceptors (Lipinski definition) is 5. The van der Waals surface area contributed by atoms with Crippen molar-refractivity contribution in [2.75, 3.05) is 5.48 Å². The summed E-state index contributed by atoms with van der Waals surface area (Å²) in [7, 11) is 0. The lowest BCUT2D eigenvalue weighted by atomic mass is 10.4. The lowest BCUT2D eigenvalue weighted by Gasteiger charge is -2.07. The minimum Gasteiger partial charge on any atom is -0.761 e. The van der Waals surface area contributed by atoms with Crippen LogP contribution in [0.25, 0.3) is 0 Å². The summed E-state index contributed by atoms with van der Waals surface area (Å²) in [4.78, 5) is 13.1. The van der Waals surface area contributed by atoms with E-state index in [1.807, 2.05) is 0 Å². The van der Waals surface area contributed by atoms with E-state index >= 15 is 0 Å². The van der Waals surface area contributed by atoms with Crippen molar-refractivity contribution < 1.29 is 4.92 Å². The van der Waals surface area contributed by atoms with Crippen LogP contribution in [0, 0.1) is 15.3 Å². The van der Waals surface area contributed by atoms with Crippen LogP contribution < -0.4 is 5.48 Å². The van der Waals surface area contributed by atoms with Crippen LogP contribution in [0.5, 0.6) is 0 Å². The predicted octanol–water partition coefficient (Wildman–Crippen LogP) is 0.899. The molecule has 0 aliphatic carbocycles. The van der Waals surface area contributed by atoms with Gasteiger partial charge in [-0.3, -0.25) is 15.1 Å². The lowest BCUT2D eigenvalue weighted by molar-refractivity contribution is -0.384. The van der Waals surface area contributed by atoms with Gasteiger partial charge in [-0.1, -0.05) is 0 Å². The van der Waals surface area contributed by atoms with Gasteiger partial charge in [-0.15, -0.1) is 0 Å². The molecule has 0 aromatic carbocycles. The maximum Gasteiger partial charge on any atom is 0.294 e. The van der Waals surface area contributed by atoms with Crippen molar-refractivity contribution in [3.8, 4) is 0 Å². The van der Waals surface area contributed by atoms with E-state index in [1.54, 1.807) is 0 Å². The van der Waals surface area contributed by atoms with Crippen LogP contribution in [-0.2, 0) is 0 Å². The van der Waals surface area contributed by atoms with Gasteiger partial charge in [0.05, 0.1) is 11.1 Å². The molecule has 0 radical (unpaired) electrons. The van der Waals surface area contributed by atoms with E-state index < -0.39 is 4.92 Å². The monoisotopic (exact) mass is 154 g/mol. The molecule has 1 N–H and O–H groups in total. The second-order valence-corrected chi connectivity index (χ2v) is 1.75. The Bertz CT molecular complexity index is 275. The van der Waals surface area contributed by atoms with Gasteiger partial charge in [-0.05, 0) is 0 Å². The molecule has 11 heavy (non-hydrogen) atoms. The Labute approximate surface area is 61.6 Å². The molecule has 6 heteroatoms. The largest absolute Gasteiger partial charge is 0.761 e. The molecular weight excluding hydrogens is 150 g/mol. The molecule has 6 nitrogen and oxygen atoms in total. The number of hydrogen-bond donors (Lipinski definition) is 1. The molecule has 1 aromatic rings. The third-order valence-corrected chi connectivity index (χ3v) is 1.10. The standard InChI is InChI=1S/C5H4N3O3/c9-7-4-3-6-2-1-5(4)8(10)11/h1-3,7H/q-1. The summed E-state index contributed by atoms with van der Waals surface area (Å²) in [5.41, 5.74) is 1.03. The zero-order valence-corrected chi connectivity index (χ0v) is 5.35. The Hall–Kier alpha value is -1.69. The maximum absolute atomic E-state index is 10.2. The van der Waals surface area contributed by atoms with Gasteiger partial charge in [0.2, 0.25) is 0 Å². The second kappa shape index (κ2) is 2.93. The topological polar surface area (TPSA) is 91.1 Å². The Kier molecular flexibility index (Phi) is 1.98. The summed E-state index contributed by atoms with van der Waals surface area (Å²) in [5.74, 6) is 0. The predicted molar refractivity (Wildman–Crippen MR) is 37.9 cm³/mol. The van der Waals surface area contributed by atoms with Crippen molar-refractivity contribution in [1.29, 1.82) is 0 Å². The van der Waals surface area contributed by atoms with Gasteiger partial charge in [0.15, 0.2) is 0 Å². The van der Waals surface area contributed by atoms with E-state index in [-0.39, 0.29) is 11.4 Å². The summed E-state index contributed by atoms with van der Waals surface area (Å²) < 4.78 is 0. The number of pyridine rings is 1. The van der Waals surface area contributed by atoms with Crippen molar-refractivity contribution in [3.05, 3.63) is 33.8 Å². The SMILES string of the molecule is O=[N+]([O-])c1ccncc1N[O-]. The van der Waals surface area contributed by atoms with Crippen molar-refractivity contribution in [2.45, 2.75) is 0 Å². The molecule has 0 amide bonds. The van der Waals surface area contributed by atoms with Crippen LogP contribution in [0.3, 0.4) is 0 Å². The fraction of sp³-hybridized carbons (Fsp3) is 0. The molecule has 1 aromatic heterocycles. The Balaban J connectivity index is 3.12. The number of nitrogens with zero attached hydrogens (tertiary/aromatic N) is 2. The normalized spacial score (nSPS) is 9.18. The summed E-state index contributed by atoms with van der Waals surface area (Å²) in [5, 5.41) is 20.2. The Morgan fingerprint density at radius 3 is 2.82 bits per heavy atom. The quantitative estimate of drug-likeness (QED) is 0.504. The first-order chi connectivity index (χ1) is 5.25. The van der Waals surface area contributed by atoms with E-state index in [0.717, 1.165) is 12.3 Å². The first-order valence-electron chi connectivity index (χ1n) is 2.72. The number of nitrogens with one attached hydrogen (secondary N) is 1. The average Bonchev–Trinajstić information content (AvgIpc) is 2.04. The minimum atomic E-state index is -0.651. The average molecular weight is 154 g/mol. The third kappa shape index (κ3) is 1.41. The molecule has 0 saturated carbocycles. The molecule has 0 spiro atoms. The molecule has 0 aliphatic heterocycles. The van der Waals surface area contributed by atoms with Crippen molar-refractivity contribution in [2.24, 2.45) is 0 Å². The highest BCUT2D eigenvalue weighted by Gasteiger charge is 2.08. The lowest BCUT2D eigenvalue weighted by Crippen LogP contribution is -1.94. The molecule has 58 valence electrons. The molecule has 0 fully saturated rings. The number of aromatic nitrogens is 1. The second-order valence-electron chi connectivity index (χ2n) is 1.75. The van der Waals surface area contributed by atoms with E-state index in [0.29, 0.717) is 0 Å². The van der Waals surface area contributed by atoms with Gasteiger partial charge in [0.1, 0.15) is 5.69 Å². The van der Waals surface area contributed by atoms with Crippen LogP contribution in [-0.4, -0.2) is 9.91 Å². The van der Waals surface area contributed by atoms with Crippen LogP contribution in [0.4, 0.5) is 11.4 Å². The summed E-state index contributed by atoms with van der Waals surface area (Å²) >= 11 is 0. The highest BCUT2D eigenvalue weighted by atomic mass is 16.6. The van der Waals surface area contributed by atoms with Crippen LogP contribution >= 0.6 is 0 Å². The van der Waals surface area contributed by atoms with Gasteiger partial charge in [0, 0.05) is 12.3 Å². The van der Waals surface area contributed by atoms with E-state index in [9.17, 15) is 15.3 Å². The number of anilines is 1.